The first-order chi connectivity index (χ1) is 11.6. The largest absolute Gasteiger partial charge is 0.380 e. The Labute approximate surface area is 139 Å². The topological polar surface area (TPSA) is 85.3 Å². The average Bonchev–Trinajstić information content (AvgIpc) is 3.34. The molecule has 1 fully saturated rings. The zero-order chi connectivity index (χ0) is 16.7. The highest BCUT2D eigenvalue weighted by Crippen LogP contribution is 2.36. The van der Waals surface area contributed by atoms with E-state index in [-0.39, 0.29) is 0 Å². The number of hydrogen-bond acceptors (Lipinski definition) is 4. The molecule has 3 N–H and O–H groups in total. The lowest BCUT2D eigenvalue weighted by Crippen LogP contribution is -2.22. The number of anilines is 1. The average molecular weight is 321 g/mol. The molecule has 1 atom stereocenters. The monoisotopic (exact) mass is 321 g/mol. The number of nitrogens with two attached hydrogens (primary N) is 1. The number of primary amides is 1. The number of amides is 1. The van der Waals surface area contributed by atoms with E-state index in [2.05, 4.69) is 22.3 Å². The molecule has 3 aromatic heterocycles. The molecule has 0 saturated heterocycles. The van der Waals surface area contributed by atoms with Crippen molar-refractivity contribution in [2.45, 2.75) is 25.8 Å². The van der Waals surface area contributed by atoms with Gasteiger partial charge in [0.05, 0.1) is 23.0 Å². The number of carbonyl (C=O) groups excluding carboxylic acids is 1. The van der Waals surface area contributed by atoms with Gasteiger partial charge in [0.15, 0.2) is 0 Å². The number of carbonyl (C=O) groups is 1. The Morgan fingerprint density at radius 1 is 1.38 bits per heavy atom. The number of nitrogens with zero attached hydrogens (tertiary/aromatic N) is 3. The third kappa shape index (κ3) is 2.60. The molecule has 0 radical (unpaired) electrons. The van der Waals surface area contributed by atoms with Crippen molar-refractivity contribution in [3.63, 3.8) is 0 Å². The van der Waals surface area contributed by atoms with Gasteiger partial charge in [-0.05, 0) is 37.8 Å². The SMILES string of the molecule is CC(Nc1c(C(N)=O)cnn2cc(-c3cccnc3)cc12)C1CC1. The van der Waals surface area contributed by atoms with Crippen LogP contribution >= 0.6 is 0 Å². The number of pyridine rings is 1. The van der Waals surface area contributed by atoms with Crippen molar-refractivity contribution in [3.05, 3.63) is 48.5 Å². The number of aromatic nitrogens is 3. The summed E-state index contributed by atoms with van der Waals surface area (Å²) in [7, 11) is 0. The van der Waals surface area contributed by atoms with Crippen molar-refractivity contribution in [2.75, 3.05) is 5.32 Å². The van der Waals surface area contributed by atoms with Gasteiger partial charge in [0.1, 0.15) is 0 Å². The Bertz CT molecular complexity index is 898. The molecule has 3 aromatic rings. The fourth-order valence-corrected chi connectivity index (χ4v) is 3.03. The molecule has 3 heterocycles. The van der Waals surface area contributed by atoms with Crippen LogP contribution in [-0.2, 0) is 0 Å². The number of nitrogens with one attached hydrogen (secondary N) is 1. The predicted octanol–water partition coefficient (Wildman–Crippen LogP) is 2.71. The maximum atomic E-state index is 11.8. The van der Waals surface area contributed by atoms with E-state index in [1.807, 2.05) is 30.6 Å². The van der Waals surface area contributed by atoms with Crippen LogP contribution in [0.25, 0.3) is 16.6 Å². The standard InChI is InChI=1S/C18H19N5O/c1-11(12-4-5-12)22-17-15(18(19)24)9-21-23-10-14(7-16(17)23)13-3-2-6-20-8-13/h2-3,6-12,22H,4-5H2,1H3,(H2,19,24). The summed E-state index contributed by atoms with van der Waals surface area (Å²) in [6.07, 6.45) is 9.47. The molecule has 0 bridgehead atoms. The third-order valence-corrected chi connectivity index (χ3v) is 4.60. The van der Waals surface area contributed by atoms with Crippen molar-refractivity contribution < 1.29 is 4.79 Å². The molecular weight excluding hydrogens is 302 g/mol. The van der Waals surface area contributed by atoms with E-state index in [4.69, 9.17) is 5.73 Å². The summed E-state index contributed by atoms with van der Waals surface area (Å²) < 4.78 is 1.77. The van der Waals surface area contributed by atoms with Crippen LogP contribution in [0, 0.1) is 5.92 Å². The minimum atomic E-state index is -0.473. The second kappa shape index (κ2) is 5.63. The molecule has 24 heavy (non-hydrogen) atoms. The molecule has 1 unspecified atom stereocenters. The van der Waals surface area contributed by atoms with Gasteiger partial charge in [0.25, 0.3) is 5.91 Å². The lowest BCUT2D eigenvalue weighted by molar-refractivity contribution is 0.100. The molecular formula is C18H19N5O. The fraction of sp³-hybridized carbons (Fsp3) is 0.278. The molecule has 6 nitrogen and oxygen atoms in total. The maximum Gasteiger partial charge on any atom is 0.252 e. The van der Waals surface area contributed by atoms with E-state index < -0.39 is 5.91 Å². The summed E-state index contributed by atoms with van der Waals surface area (Å²) in [5.74, 6) is 0.186. The summed E-state index contributed by atoms with van der Waals surface area (Å²) in [5.41, 5.74) is 9.58. The number of hydrogen-bond donors (Lipinski definition) is 2. The second-order valence-electron chi connectivity index (χ2n) is 6.37. The van der Waals surface area contributed by atoms with Gasteiger partial charge in [-0.15, -0.1) is 0 Å². The van der Waals surface area contributed by atoms with Gasteiger partial charge in [0.2, 0.25) is 0 Å². The van der Waals surface area contributed by atoms with Gasteiger partial charge in [-0.3, -0.25) is 9.78 Å². The minimum Gasteiger partial charge on any atom is -0.380 e. The van der Waals surface area contributed by atoms with E-state index in [1.165, 1.54) is 19.0 Å². The highest BCUT2D eigenvalue weighted by molar-refractivity contribution is 6.02. The van der Waals surface area contributed by atoms with E-state index in [0.717, 1.165) is 22.3 Å². The van der Waals surface area contributed by atoms with Crippen LogP contribution in [0.1, 0.15) is 30.1 Å². The molecule has 0 spiro atoms. The lowest BCUT2D eigenvalue weighted by Gasteiger charge is -2.17. The molecule has 1 aliphatic rings. The summed E-state index contributed by atoms with van der Waals surface area (Å²) in [4.78, 5) is 16.0. The van der Waals surface area contributed by atoms with E-state index in [9.17, 15) is 4.79 Å². The van der Waals surface area contributed by atoms with Crippen molar-refractivity contribution in [1.29, 1.82) is 0 Å². The molecule has 1 amide bonds. The maximum absolute atomic E-state index is 11.8. The lowest BCUT2D eigenvalue weighted by atomic mass is 10.1. The van der Waals surface area contributed by atoms with E-state index in [1.54, 1.807) is 10.7 Å². The Kier molecular flexibility index (Phi) is 3.45. The molecule has 6 heteroatoms. The predicted molar refractivity (Wildman–Crippen MR) is 92.7 cm³/mol. The quantitative estimate of drug-likeness (QED) is 0.756. The van der Waals surface area contributed by atoms with Crippen molar-refractivity contribution in [1.82, 2.24) is 14.6 Å². The molecule has 1 aliphatic carbocycles. The highest BCUT2D eigenvalue weighted by atomic mass is 16.1. The Hall–Kier alpha value is -2.89. The van der Waals surface area contributed by atoms with Crippen LogP contribution in [0.4, 0.5) is 5.69 Å². The van der Waals surface area contributed by atoms with Crippen molar-refractivity contribution in [3.8, 4) is 11.1 Å². The molecule has 4 rings (SSSR count). The normalized spacial score (nSPS) is 15.4. The van der Waals surface area contributed by atoms with Crippen LogP contribution in [-0.4, -0.2) is 26.5 Å². The summed E-state index contributed by atoms with van der Waals surface area (Å²) in [6, 6.07) is 6.20. The Balaban J connectivity index is 1.84. The first-order valence-electron chi connectivity index (χ1n) is 8.11. The number of rotatable bonds is 5. The van der Waals surface area contributed by atoms with Gasteiger partial charge >= 0.3 is 0 Å². The Morgan fingerprint density at radius 2 is 2.21 bits per heavy atom. The van der Waals surface area contributed by atoms with Crippen LogP contribution in [0.15, 0.2) is 43.0 Å². The zero-order valence-corrected chi connectivity index (χ0v) is 13.4. The van der Waals surface area contributed by atoms with Crippen molar-refractivity contribution >= 4 is 17.1 Å². The van der Waals surface area contributed by atoms with Crippen LogP contribution in [0.2, 0.25) is 0 Å². The van der Waals surface area contributed by atoms with Crippen LogP contribution in [0.3, 0.4) is 0 Å². The molecule has 122 valence electrons. The third-order valence-electron chi connectivity index (χ3n) is 4.60. The first kappa shape index (κ1) is 14.7. The van der Waals surface area contributed by atoms with Gasteiger partial charge < -0.3 is 11.1 Å². The number of fused-ring (bicyclic) bond motifs is 1. The van der Waals surface area contributed by atoms with Crippen LogP contribution < -0.4 is 11.1 Å². The van der Waals surface area contributed by atoms with E-state index >= 15 is 0 Å². The highest BCUT2D eigenvalue weighted by Gasteiger charge is 2.29. The van der Waals surface area contributed by atoms with Crippen molar-refractivity contribution in [2.24, 2.45) is 11.7 Å². The first-order valence-corrected chi connectivity index (χ1v) is 8.11. The molecule has 0 aromatic carbocycles. The van der Waals surface area contributed by atoms with Gasteiger partial charge in [-0.1, -0.05) is 6.07 Å². The molecule has 1 saturated carbocycles. The summed E-state index contributed by atoms with van der Waals surface area (Å²) in [5, 5.41) is 7.82. The molecule has 0 aliphatic heterocycles. The zero-order valence-electron chi connectivity index (χ0n) is 13.4. The van der Waals surface area contributed by atoms with Gasteiger partial charge in [-0.2, -0.15) is 5.10 Å². The summed E-state index contributed by atoms with van der Waals surface area (Å²) in [6.45, 7) is 2.14. The fourth-order valence-electron chi connectivity index (χ4n) is 3.03. The van der Waals surface area contributed by atoms with Gasteiger partial charge in [0, 0.05) is 35.8 Å². The minimum absolute atomic E-state index is 0.297. The smallest absolute Gasteiger partial charge is 0.252 e. The Morgan fingerprint density at radius 3 is 2.88 bits per heavy atom. The van der Waals surface area contributed by atoms with Crippen LogP contribution in [0.5, 0.6) is 0 Å². The van der Waals surface area contributed by atoms with Gasteiger partial charge in [-0.25, -0.2) is 4.52 Å². The second-order valence-corrected chi connectivity index (χ2v) is 6.37. The summed E-state index contributed by atoms with van der Waals surface area (Å²) >= 11 is 0. The van der Waals surface area contributed by atoms with E-state index in [0.29, 0.717) is 17.5 Å².